The fourth-order valence-corrected chi connectivity index (χ4v) is 4.05. The standard InChI is InChI=1S/C21H34N4O2.HI/c1-17(27-20-9-5-4-8-19(20)26-3)14-23-21(22-2)25-13-10-18(16-25)15-24-11-6-7-12-24;/h4-5,8-9,17-18H,6-7,10-16H2,1-3H3,(H,22,23);1H. The minimum Gasteiger partial charge on any atom is -0.493 e. The lowest BCUT2D eigenvalue weighted by Gasteiger charge is -2.25. The van der Waals surface area contributed by atoms with Crippen molar-refractivity contribution in [2.75, 3.05) is 53.4 Å². The normalized spacial score (nSPS) is 21.3. The number of methoxy groups -OCH3 is 1. The van der Waals surface area contributed by atoms with E-state index in [9.17, 15) is 0 Å². The van der Waals surface area contributed by atoms with Gasteiger partial charge in [-0.2, -0.15) is 0 Å². The molecule has 0 amide bonds. The van der Waals surface area contributed by atoms with Crippen molar-refractivity contribution in [3.8, 4) is 11.5 Å². The molecule has 2 atom stereocenters. The summed E-state index contributed by atoms with van der Waals surface area (Å²) in [6.45, 7) is 8.74. The van der Waals surface area contributed by atoms with E-state index in [0.29, 0.717) is 6.54 Å². The molecule has 2 aliphatic heterocycles. The van der Waals surface area contributed by atoms with Gasteiger partial charge in [-0.1, -0.05) is 12.1 Å². The maximum Gasteiger partial charge on any atom is 0.193 e. The van der Waals surface area contributed by atoms with E-state index in [-0.39, 0.29) is 30.1 Å². The molecule has 0 bridgehead atoms. The minimum atomic E-state index is 0. The Morgan fingerprint density at radius 1 is 1.21 bits per heavy atom. The summed E-state index contributed by atoms with van der Waals surface area (Å²) in [6, 6.07) is 7.76. The first-order valence-corrected chi connectivity index (χ1v) is 10.2. The van der Waals surface area contributed by atoms with E-state index in [1.807, 2.05) is 31.3 Å². The summed E-state index contributed by atoms with van der Waals surface area (Å²) < 4.78 is 11.4. The van der Waals surface area contributed by atoms with E-state index >= 15 is 0 Å². The van der Waals surface area contributed by atoms with Crippen LogP contribution in [0.4, 0.5) is 0 Å². The highest BCUT2D eigenvalue weighted by Crippen LogP contribution is 2.26. The maximum atomic E-state index is 6.04. The molecular weight excluding hydrogens is 467 g/mol. The van der Waals surface area contributed by atoms with Crippen molar-refractivity contribution in [3.63, 3.8) is 0 Å². The first-order chi connectivity index (χ1) is 13.2. The molecule has 0 aromatic heterocycles. The lowest BCUT2D eigenvalue weighted by molar-refractivity contribution is 0.212. The zero-order valence-corrected chi connectivity index (χ0v) is 19.7. The van der Waals surface area contributed by atoms with Gasteiger partial charge in [0.25, 0.3) is 0 Å². The fourth-order valence-electron chi connectivity index (χ4n) is 4.05. The summed E-state index contributed by atoms with van der Waals surface area (Å²) in [6.07, 6.45) is 4.00. The Labute approximate surface area is 186 Å². The van der Waals surface area contributed by atoms with Gasteiger partial charge in [0.05, 0.1) is 13.7 Å². The molecule has 28 heavy (non-hydrogen) atoms. The molecule has 1 aromatic carbocycles. The van der Waals surface area contributed by atoms with Gasteiger partial charge in [-0.15, -0.1) is 24.0 Å². The number of hydrogen-bond donors (Lipinski definition) is 1. The SMILES string of the molecule is CN=C(NCC(C)Oc1ccccc1OC)N1CCC(CN2CCCC2)C1.I. The molecule has 7 heteroatoms. The highest BCUT2D eigenvalue weighted by molar-refractivity contribution is 14.0. The molecule has 1 N–H and O–H groups in total. The fraction of sp³-hybridized carbons (Fsp3) is 0.667. The Hall–Kier alpha value is -1.22. The Bertz CT molecular complexity index is 622. The number of benzene rings is 1. The first kappa shape index (κ1) is 23.1. The van der Waals surface area contributed by atoms with E-state index in [2.05, 4.69) is 27.0 Å². The topological polar surface area (TPSA) is 49.3 Å². The van der Waals surface area contributed by atoms with Gasteiger partial charge >= 0.3 is 0 Å². The van der Waals surface area contributed by atoms with E-state index in [1.165, 1.54) is 38.9 Å². The van der Waals surface area contributed by atoms with Crippen molar-refractivity contribution < 1.29 is 9.47 Å². The first-order valence-electron chi connectivity index (χ1n) is 10.2. The smallest absolute Gasteiger partial charge is 0.193 e. The molecule has 2 heterocycles. The van der Waals surface area contributed by atoms with Crippen LogP contribution in [-0.2, 0) is 0 Å². The molecule has 3 rings (SSSR count). The number of guanidine groups is 1. The maximum absolute atomic E-state index is 6.04. The number of hydrogen-bond acceptors (Lipinski definition) is 4. The van der Waals surface area contributed by atoms with Crippen LogP contribution in [0.1, 0.15) is 26.2 Å². The summed E-state index contributed by atoms with van der Waals surface area (Å²) in [7, 11) is 3.53. The van der Waals surface area contributed by atoms with Crippen LogP contribution in [0.15, 0.2) is 29.3 Å². The monoisotopic (exact) mass is 502 g/mol. The summed E-state index contributed by atoms with van der Waals surface area (Å²) >= 11 is 0. The summed E-state index contributed by atoms with van der Waals surface area (Å²) in [4.78, 5) is 9.49. The van der Waals surface area contributed by atoms with Crippen molar-refractivity contribution >= 4 is 29.9 Å². The van der Waals surface area contributed by atoms with Crippen LogP contribution in [0.25, 0.3) is 0 Å². The van der Waals surface area contributed by atoms with Gasteiger partial charge in [-0.25, -0.2) is 0 Å². The summed E-state index contributed by atoms with van der Waals surface area (Å²) in [5.74, 6) is 3.27. The highest BCUT2D eigenvalue weighted by atomic mass is 127. The molecule has 0 aliphatic carbocycles. The lowest BCUT2D eigenvalue weighted by Crippen LogP contribution is -2.44. The van der Waals surface area contributed by atoms with Gasteiger partial charge in [-0.05, 0) is 57.3 Å². The highest BCUT2D eigenvalue weighted by Gasteiger charge is 2.27. The largest absolute Gasteiger partial charge is 0.493 e. The lowest BCUT2D eigenvalue weighted by atomic mass is 10.1. The van der Waals surface area contributed by atoms with Crippen LogP contribution in [0.5, 0.6) is 11.5 Å². The van der Waals surface area contributed by atoms with Gasteiger partial charge in [0.15, 0.2) is 17.5 Å². The predicted octanol–water partition coefficient (Wildman–Crippen LogP) is 3.07. The molecule has 2 unspecified atom stereocenters. The number of para-hydroxylation sites is 2. The number of nitrogens with one attached hydrogen (secondary N) is 1. The molecule has 2 aliphatic rings. The van der Waals surface area contributed by atoms with Crippen molar-refractivity contribution in [1.29, 1.82) is 0 Å². The van der Waals surface area contributed by atoms with Crippen molar-refractivity contribution in [2.24, 2.45) is 10.9 Å². The molecule has 1 aromatic rings. The van der Waals surface area contributed by atoms with Crippen LogP contribution in [0, 0.1) is 5.92 Å². The molecule has 6 nitrogen and oxygen atoms in total. The Morgan fingerprint density at radius 2 is 1.93 bits per heavy atom. The number of rotatable bonds is 7. The third kappa shape index (κ3) is 6.40. The number of likely N-dealkylation sites (tertiary alicyclic amines) is 2. The van der Waals surface area contributed by atoms with Gasteiger partial charge in [0, 0.05) is 26.7 Å². The van der Waals surface area contributed by atoms with Gasteiger partial charge in [-0.3, -0.25) is 4.99 Å². The van der Waals surface area contributed by atoms with Gasteiger partial charge in [0.2, 0.25) is 0 Å². The second-order valence-corrected chi connectivity index (χ2v) is 7.62. The molecule has 158 valence electrons. The Kier molecular flexibility index (Phi) is 9.64. The molecule has 0 radical (unpaired) electrons. The van der Waals surface area contributed by atoms with Gasteiger partial charge in [0.1, 0.15) is 6.10 Å². The van der Waals surface area contributed by atoms with Crippen molar-refractivity contribution in [2.45, 2.75) is 32.3 Å². The van der Waals surface area contributed by atoms with Crippen molar-refractivity contribution in [1.82, 2.24) is 15.1 Å². The number of aliphatic imine (C=N–C) groups is 1. The Morgan fingerprint density at radius 3 is 2.61 bits per heavy atom. The molecule has 0 spiro atoms. The van der Waals surface area contributed by atoms with Crippen LogP contribution in [0.3, 0.4) is 0 Å². The third-order valence-corrected chi connectivity index (χ3v) is 5.46. The zero-order chi connectivity index (χ0) is 19.1. The average Bonchev–Trinajstić information content (AvgIpc) is 3.35. The molecular formula is C21H35IN4O2. The summed E-state index contributed by atoms with van der Waals surface area (Å²) in [5, 5.41) is 3.48. The quantitative estimate of drug-likeness (QED) is 0.353. The number of nitrogens with zero attached hydrogens (tertiary/aromatic N) is 3. The zero-order valence-electron chi connectivity index (χ0n) is 17.4. The van der Waals surface area contributed by atoms with E-state index in [4.69, 9.17) is 9.47 Å². The molecule has 0 saturated carbocycles. The van der Waals surface area contributed by atoms with E-state index in [0.717, 1.165) is 36.5 Å². The second kappa shape index (κ2) is 11.7. The Balaban J connectivity index is 0.00000280. The molecule has 2 fully saturated rings. The number of ether oxygens (including phenoxy) is 2. The third-order valence-electron chi connectivity index (χ3n) is 5.46. The van der Waals surface area contributed by atoms with E-state index < -0.39 is 0 Å². The second-order valence-electron chi connectivity index (χ2n) is 7.62. The molecule has 2 saturated heterocycles. The van der Waals surface area contributed by atoms with Crippen LogP contribution in [0.2, 0.25) is 0 Å². The number of halogens is 1. The van der Waals surface area contributed by atoms with Crippen LogP contribution in [-0.4, -0.2) is 75.3 Å². The van der Waals surface area contributed by atoms with Crippen molar-refractivity contribution in [3.05, 3.63) is 24.3 Å². The van der Waals surface area contributed by atoms with E-state index in [1.54, 1.807) is 7.11 Å². The average molecular weight is 502 g/mol. The minimum absolute atomic E-state index is 0. The predicted molar refractivity (Wildman–Crippen MR) is 125 cm³/mol. The summed E-state index contributed by atoms with van der Waals surface area (Å²) in [5.41, 5.74) is 0. The van der Waals surface area contributed by atoms with Crippen LogP contribution >= 0.6 is 24.0 Å². The van der Waals surface area contributed by atoms with Crippen LogP contribution < -0.4 is 14.8 Å². The van der Waals surface area contributed by atoms with Gasteiger partial charge < -0.3 is 24.6 Å².